The van der Waals surface area contributed by atoms with Crippen molar-refractivity contribution in [2.45, 2.75) is 39.5 Å². The van der Waals surface area contributed by atoms with Crippen LogP contribution in [0.1, 0.15) is 100 Å². The SMILES string of the molecule is CCCCCCOC(=O)c1c(C(=O)O)c(C(=O)O)c(C(=O)O)c(C(=O)O)c1C(=O)Oc1ccc(C)cc1. The average Bonchev–Trinajstić information content (AvgIpc) is 2.82. The van der Waals surface area contributed by atoms with Gasteiger partial charge in [0.05, 0.1) is 40.0 Å². The van der Waals surface area contributed by atoms with Gasteiger partial charge in [0.15, 0.2) is 0 Å². The van der Waals surface area contributed by atoms with Gasteiger partial charge in [-0.1, -0.05) is 43.9 Å². The number of carbonyl (C=O) groups is 6. The van der Waals surface area contributed by atoms with Crippen LogP contribution in [-0.2, 0) is 4.74 Å². The van der Waals surface area contributed by atoms with Gasteiger partial charge in [0, 0.05) is 0 Å². The Bertz CT molecular complexity index is 1260. The van der Waals surface area contributed by atoms with Gasteiger partial charge in [-0.2, -0.15) is 0 Å². The number of hydrogen-bond donors (Lipinski definition) is 4. The first-order valence-corrected chi connectivity index (χ1v) is 11.0. The minimum Gasteiger partial charge on any atom is -0.478 e. The number of esters is 2. The molecule has 0 saturated carbocycles. The highest BCUT2D eigenvalue weighted by atomic mass is 16.5. The van der Waals surface area contributed by atoms with Gasteiger partial charge in [-0.15, -0.1) is 0 Å². The summed E-state index contributed by atoms with van der Waals surface area (Å²) in [6, 6.07) is 5.71. The fraction of sp³-hybridized carbons (Fsp3) is 0.280. The Morgan fingerprint density at radius 2 is 1.05 bits per heavy atom. The number of carbonyl (C=O) groups excluding carboxylic acids is 2. The summed E-state index contributed by atoms with van der Waals surface area (Å²) in [5, 5.41) is 38.9. The van der Waals surface area contributed by atoms with Gasteiger partial charge in [-0.25, -0.2) is 28.8 Å². The number of hydrogen-bond acceptors (Lipinski definition) is 8. The normalized spacial score (nSPS) is 10.4. The van der Waals surface area contributed by atoms with Crippen molar-refractivity contribution in [1.82, 2.24) is 0 Å². The lowest BCUT2D eigenvalue weighted by Crippen LogP contribution is -2.30. The molecule has 0 aliphatic rings. The van der Waals surface area contributed by atoms with E-state index in [1.807, 2.05) is 6.92 Å². The Hall–Kier alpha value is -4.74. The summed E-state index contributed by atoms with van der Waals surface area (Å²) < 4.78 is 10.2. The Morgan fingerprint density at radius 3 is 1.49 bits per heavy atom. The van der Waals surface area contributed by atoms with Gasteiger partial charge < -0.3 is 29.9 Å². The van der Waals surface area contributed by atoms with E-state index in [2.05, 4.69) is 0 Å². The molecule has 196 valence electrons. The highest BCUT2D eigenvalue weighted by Gasteiger charge is 2.41. The van der Waals surface area contributed by atoms with E-state index < -0.39 is 69.2 Å². The molecule has 2 rings (SSSR count). The zero-order valence-corrected chi connectivity index (χ0v) is 19.9. The molecule has 0 fully saturated rings. The van der Waals surface area contributed by atoms with Crippen molar-refractivity contribution < 1.29 is 58.7 Å². The average molecular weight is 516 g/mol. The Balaban J connectivity index is 2.89. The van der Waals surface area contributed by atoms with Gasteiger partial charge in [0.25, 0.3) is 0 Å². The van der Waals surface area contributed by atoms with Crippen LogP contribution in [-0.4, -0.2) is 62.8 Å². The molecule has 12 nitrogen and oxygen atoms in total. The molecule has 0 spiro atoms. The van der Waals surface area contributed by atoms with Crippen molar-refractivity contribution in [1.29, 1.82) is 0 Å². The van der Waals surface area contributed by atoms with Crippen LogP contribution in [0.15, 0.2) is 24.3 Å². The van der Waals surface area contributed by atoms with Crippen molar-refractivity contribution in [3.05, 3.63) is 63.2 Å². The summed E-state index contributed by atoms with van der Waals surface area (Å²) in [5.41, 5.74) is -7.57. The molecule has 2 aromatic rings. The molecule has 37 heavy (non-hydrogen) atoms. The number of unbranched alkanes of at least 4 members (excludes halogenated alkanes) is 3. The van der Waals surface area contributed by atoms with Crippen LogP contribution < -0.4 is 4.74 Å². The third kappa shape index (κ3) is 6.48. The second-order valence-electron chi connectivity index (χ2n) is 7.87. The van der Waals surface area contributed by atoms with E-state index in [0.29, 0.717) is 12.8 Å². The zero-order chi connectivity index (χ0) is 27.9. The maximum Gasteiger partial charge on any atom is 0.345 e. The molecule has 0 radical (unpaired) electrons. The maximum absolute atomic E-state index is 13.2. The number of aryl methyl sites for hydroxylation is 1. The summed E-state index contributed by atoms with van der Waals surface area (Å²) in [7, 11) is 0. The van der Waals surface area contributed by atoms with Gasteiger partial charge in [-0.3, -0.25) is 0 Å². The molecule has 0 unspecified atom stereocenters. The molecule has 4 N–H and O–H groups in total. The van der Waals surface area contributed by atoms with Crippen LogP contribution in [0.2, 0.25) is 0 Å². The lowest BCUT2D eigenvalue weighted by atomic mass is 9.85. The quantitative estimate of drug-likeness (QED) is 0.181. The molecule has 12 heteroatoms. The molecule has 2 aromatic carbocycles. The number of benzene rings is 2. The molecule has 0 aliphatic carbocycles. The summed E-state index contributed by atoms with van der Waals surface area (Å²) in [6.45, 7) is 3.41. The monoisotopic (exact) mass is 516 g/mol. The fourth-order valence-corrected chi connectivity index (χ4v) is 3.54. The second kappa shape index (κ2) is 12.3. The molecule has 0 aliphatic heterocycles. The van der Waals surface area contributed by atoms with E-state index >= 15 is 0 Å². The molecule has 0 bridgehead atoms. The zero-order valence-electron chi connectivity index (χ0n) is 19.9. The van der Waals surface area contributed by atoms with E-state index in [1.165, 1.54) is 24.3 Å². The Morgan fingerprint density at radius 1 is 0.622 bits per heavy atom. The van der Waals surface area contributed by atoms with Gasteiger partial charge in [0.2, 0.25) is 0 Å². The van der Waals surface area contributed by atoms with Crippen LogP contribution >= 0.6 is 0 Å². The van der Waals surface area contributed by atoms with Crippen molar-refractivity contribution in [2.24, 2.45) is 0 Å². The van der Waals surface area contributed by atoms with E-state index in [-0.39, 0.29) is 12.4 Å². The van der Waals surface area contributed by atoms with Crippen LogP contribution in [0, 0.1) is 6.92 Å². The van der Waals surface area contributed by atoms with Gasteiger partial charge in [-0.05, 0) is 25.5 Å². The first-order valence-electron chi connectivity index (χ1n) is 11.0. The van der Waals surface area contributed by atoms with Crippen LogP contribution in [0.4, 0.5) is 0 Å². The molecule has 0 saturated heterocycles. The van der Waals surface area contributed by atoms with Crippen molar-refractivity contribution >= 4 is 35.8 Å². The predicted molar refractivity (Wildman–Crippen MR) is 125 cm³/mol. The van der Waals surface area contributed by atoms with Crippen LogP contribution in [0.5, 0.6) is 5.75 Å². The topological polar surface area (TPSA) is 202 Å². The second-order valence-corrected chi connectivity index (χ2v) is 7.87. The molecule has 0 amide bonds. The summed E-state index contributed by atoms with van der Waals surface area (Å²) in [5.74, 6) is -11.8. The number of carboxylic acids is 4. The summed E-state index contributed by atoms with van der Waals surface area (Å²) >= 11 is 0. The molecule has 0 aromatic heterocycles. The number of rotatable bonds is 12. The number of carboxylic acid groups (broad SMARTS) is 4. The lowest BCUT2D eigenvalue weighted by Gasteiger charge is -2.19. The number of aromatic carboxylic acids is 4. The van der Waals surface area contributed by atoms with Crippen LogP contribution in [0.25, 0.3) is 0 Å². The first-order chi connectivity index (χ1) is 17.4. The molecular formula is C25H24O12. The molecular weight excluding hydrogens is 492 g/mol. The largest absolute Gasteiger partial charge is 0.478 e. The highest BCUT2D eigenvalue weighted by molar-refractivity contribution is 6.23. The summed E-state index contributed by atoms with van der Waals surface area (Å²) in [6.07, 6.45) is 2.63. The van der Waals surface area contributed by atoms with Crippen LogP contribution in [0.3, 0.4) is 0 Å². The Kier molecular flexibility index (Phi) is 9.47. The smallest absolute Gasteiger partial charge is 0.345 e. The van der Waals surface area contributed by atoms with Crippen molar-refractivity contribution in [2.75, 3.05) is 6.61 Å². The van der Waals surface area contributed by atoms with Crippen molar-refractivity contribution in [3.63, 3.8) is 0 Å². The summed E-state index contributed by atoms with van der Waals surface area (Å²) in [4.78, 5) is 74.4. The highest BCUT2D eigenvalue weighted by Crippen LogP contribution is 2.32. The third-order valence-electron chi connectivity index (χ3n) is 5.23. The lowest BCUT2D eigenvalue weighted by molar-refractivity contribution is 0.0476. The van der Waals surface area contributed by atoms with E-state index in [1.54, 1.807) is 6.92 Å². The van der Waals surface area contributed by atoms with Crippen molar-refractivity contribution in [3.8, 4) is 5.75 Å². The molecule has 0 atom stereocenters. The number of ether oxygens (including phenoxy) is 2. The first kappa shape index (κ1) is 28.5. The standard InChI is InChI=1S/C25H24O12/c1-3-4-5-6-11-36-24(34)18-16(22(30)31)14(20(26)27)15(21(28)29)17(23(32)33)19(18)25(35)37-13-9-7-12(2)8-10-13/h7-10H,3-6,11H2,1-2H3,(H,26,27)(H,28,29)(H,30,31)(H,32,33). The minimum absolute atomic E-state index is 0.137. The van der Waals surface area contributed by atoms with E-state index in [0.717, 1.165) is 18.4 Å². The fourth-order valence-electron chi connectivity index (χ4n) is 3.54. The van der Waals surface area contributed by atoms with Gasteiger partial charge >= 0.3 is 35.8 Å². The molecule has 0 heterocycles. The minimum atomic E-state index is -2.15. The third-order valence-corrected chi connectivity index (χ3v) is 5.23. The Labute approximate surface area is 210 Å². The predicted octanol–water partition coefficient (Wildman–Crippen LogP) is 3.74. The van der Waals surface area contributed by atoms with E-state index in [4.69, 9.17) is 9.47 Å². The van der Waals surface area contributed by atoms with E-state index in [9.17, 15) is 49.2 Å². The maximum atomic E-state index is 13.2. The van der Waals surface area contributed by atoms with Gasteiger partial charge in [0.1, 0.15) is 5.75 Å².